The van der Waals surface area contributed by atoms with Crippen molar-refractivity contribution in [1.29, 1.82) is 5.53 Å². The molecule has 5 rings (SSSR count). The van der Waals surface area contributed by atoms with E-state index in [0.29, 0.717) is 49.4 Å². The van der Waals surface area contributed by atoms with Crippen LogP contribution in [-0.4, -0.2) is 217 Å². The van der Waals surface area contributed by atoms with E-state index in [1.807, 2.05) is 57.2 Å². The lowest BCUT2D eigenvalue weighted by Crippen LogP contribution is -2.67. The number of carbonyl (C=O) groups is 14. The fourth-order valence-electron chi connectivity index (χ4n) is 12.9. The molecule has 12 amide bonds. The number of ether oxygens (including phenoxy) is 1. The molecule has 0 saturated carbocycles. The number of hydrogen-bond donors (Lipinski definition) is 21. The number of ketones is 1. The third kappa shape index (κ3) is 32.6. The van der Waals surface area contributed by atoms with Gasteiger partial charge in [0.2, 0.25) is 70.9 Å². The second kappa shape index (κ2) is 49.1. The van der Waals surface area contributed by atoms with Crippen LogP contribution in [0, 0.1) is 31.1 Å². The summed E-state index contributed by atoms with van der Waals surface area (Å²) in [5, 5.41) is 72.6. The lowest BCUT2D eigenvalue weighted by Gasteiger charge is -2.34. The Labute approximate surface area is 698 Å². The quantitative estimate of drug-likeness (QED) is 0.00522. The Morgan fingerprint density at radius 1 is 0.653 bits per heavy atom. The molecule has 0 unspecified atom stereocenters. The molecule has 40 heteroatoms. The molecular formula is C81H113FN20O19. The molecule has 0 fully saturated rings. The van der Waals surface area contributed by atoms with Gasteiger partial charge >= 0.3 is 5.97 Å². The van der Waals surface area contributed by atoms with Crippen LogP contribution in [0.15, 0.2) is 108 Å². The van der Waals surface area contributed by atoms with Crippen molar-refractivity contribution < 1.29 is 96.7 Å². The number of Topliss-reactive ketones (excluding diaryl/α,β-unsaturated/α-hetero) is 1. The molecule has 0 spiro atoms. The molecule has 13 atom stereocenters. The van der Waals surface area contributed by atoms with Gasteiger partial charge in [-0.15, -0.1) is 5.11 Å². The molecule has 5 aromatic rings. The van der Waals surface area contributed by atoms with Gasteiger partial charge < -0.3 is 112 Å². The van der Waals surface area contributed by atoms with Crippen LogP contribution in [0.5, 0.6) is 5.75 Å². The van der Waals surface area contributed by atoms with Crippen molar-refractivity contribution in [3.8, 4) is 16.9 Å². The Balaban J connectivity index is 1.33. The number of nitrogens with two attached hydrogens (primary N) is 5. The minimum absolute atomic E-state index is 0.0125. The average Bonchev–Trinajstić information content (AvgIpc) is 1.67. The third-order valence-electron chi connectivity index (χ3n) is 19.6. The van der Waals surface area contributed by atoms with Crippen molar-refractivity contribution in [1.82, 2.24) is 63.1 Å². The molecule has 0 aliphatic carbocycles. The number of aromatic amines is 1. The second-order valence-electron chi connectivity index (χ2n) is 29.7. The number of carboxylic acid groups (broad SMARTS) is 1. The van der Waals surface area contributed by atoms with Crippen LogP contribution < -0.4 is 86.7 Å². The summed E-state index contributed by atoms with van der Waals surface area (Å²) in [4.78, 5) is 198. The van der Waals surface area contributed by atoms with E-state index in [1.54, 1.807) is 24.3 Å². The van der Waals surface area contributed by atoms with E-state index in [9.17, 15) is 87.5 Å². The van der Waals surface area contributed by atoms with Gasteiger partial charge in [0.15, 0.2) is 5.84 Å². The first kappa shape index (κ1) is 99.0. The molecular weight excluding hydrogens is 1580 g/mol. The van der Waals surface area contributed by atoms with Crippen LogP contribution in [0.4, 0.5) is 4.39 Å². The van der Waals surface area contributed by atoms with E-state index in [-0.39, 0.29) is 50.5 Å². The summed E-state index contributed by atoms with van der Waals surface area (Å²) in [6.07, 6.45) is -1.15. The van der Waals surface area contributed by atoms with Crippen LogP contribution in [0.2, 0.25) is 0 Å². The van der Waals surface area contributed by atoms with Gasteiger partial charge in [0, 0.05) is 50.6 Å². The lowest BCUT2D eigenvalue weighted by molar-refractivity contribution is -0.142. The highest BCUT2D eigenvalue weighted by Crippen LogP contribution is 2.30. The molecule has 1 heterocycles. The number of unbranched alkanes of at least 4 members (excludes halogenated alkanes) is 1. The summed E-state index contributed by atoms with van der Waals surface area (Å²) in [5.74, 6) is -11.9. The largest absolute Gasteiger partial charge is 0.494 e. The Morgan fingerprint density at radius 3 is 1.87 bits per heavy atom. The first-order chi connectivity index (χ1) is 57.3. The number of primary amides is 2. The number of aliphatic hydroxyl groups excluding tert-OH is 3. The molecule has 0 saturated heterocycles. The molecule has 1 aromatic heterocycles. The Bertz CT molecular complexity index is 4440. The number of nitrogens with one attached hydrogen (secondary N) is 12. The van der Waals surface area contributed by atoms with Gasteiger partial charge in [-0.1, -0.05) is 84.8 Å². The molecule has 658 valence electrons. The van der Waals surface area contributed by atoms with Crippen molar-refractivity contribution in [3.63, 3.8) is 0 Å². The highest BCUT2D eigenvalue weighted by atomic mass is 19.1. The van der Waals surface area contributed by atoms with Gasteiger partial charge in [-0.2, -0.15) is 5.10 Å². The lowest BCUT2D eigenvalue weighted by atomic mass is 9.90. The van der Waals surface area contributed by atoms with Crippen molar-refractivity contribution in [2.75, 3.05) is 26.3 Å². The number of nitrogens with zero attached hydrogens (tertiary/aromatic N) is 3. The Morgan fingerprint density at radius 2 is 1.27 bits per heavy atom. The van der Waals surface area contributed by atoms with E-state index in [0.717, 1.165) is 73.1 Å². The summed E-state index contributed by atoms with van der Waals surface area (Å²) >= 11 is 0. The van der Waals surface area contributed by atoms with Gasteiger partial charge in [0.1, 0.15) is 71.2 Å². The van der Waals surface area contributed by atoms with Crippen LogP contribution >= 0.6 is 0 Å². The van der Waals surface area contributed by atoms with Crippen LogP contribution in [0.1, 0.15) is 138 Å². The number of carboxylic acids is 1. The fraction of sp³-hybridized carbons (Fsp3) is 0.481. The summed E-state index contributed by atoms with van der Waals surface area (Å²) < 4.78 is 21.5. The van der Waals surface area contributed by atoms with E-state index in [1.165, 1.54) is 37.6 Å². The fourth-order valence-corrected chi connectivity index (χ4v) is 12.9. The number of amidine groups is 1. The number of H-pyrrole nitrogens is 1. The van der Waals surface area contributed by atoms with E-state index in [2.05, 4.69) is 73.4 Å². The van der Waals surface area contributed by atoms with Gasteiger partial charge in [-0.3, -0.25) is 67.1 Å². The molecule has 0 aliphatic rings. The number of aromatic nitrogens is 2. The maximum Gasteiger partial charge on any atom is 0.305 e. The van der Waals surface area contributed by atoms with Crippen molar-refractivity contribution in [2.45, 2.75) is 217 Å². The topological polar surface area (TPSA) is 657 Å². The second-order valence-corrected chi connectivity index (χ2v) is 29.7. The monoisotopic (exact) mass is 1690 g/mol. The number of aliphatic hydroxyl groups is 3. The predicted octanol–water partition coefficient (Wildman–Crippen LogP) is -1.58. The smallest absolute Gasteiger partial charge is 0.305 e. The normalized spacial score (nSPS) is 14.8. The minimum atomic E-state index is -2.45. The Hall–Kier alpha value is -12.5. The first-order valence-electron chi connectivity index (χ1n) is 39.4. The van der Waals surface area contributed by atoms with E-state index >= 15 is 4.39 Å². The molecule has 39 nitrogen and oxygen atoms in total. The van der Waals surface area contributed by atoms with Crippen LogP contribution in [0.3, 0.4) is 0 Å². The number of hydrogen-bond acceptors (Lipinski definition) is 24. The third-order valence-corrected chi connectivity index (χ3v) is 19.6. The number of aryl methyl sites for hydroxylation is 4. The summed E-state index contributed by atoms with van der Waals surface area (Å²) in [5.41, 5.74) is 33.9. The molecule has 121 heavy (non-hydrogen) atoms. The zero-order valence-electron chi connectivity index (χ0n) is 68.6. The van der Waals surface area contributed by atoms with Crippen molar-refractivity contribution >= 4 is 88.5 Å². The molecule has 26 N–H and O–H groups in total. The number of halogens is 1. The highest BCUT2D eigenvalue weighted by Gasteiger charge is 2.43. The van der Waals surface area contributed by atoms with Crippen LogP contribution in [0.25, 0.3) is 11.1 Å². The van der Waals surface area contributed by atoms with Gasteiger partial charge in [-0.05, 0) is 151 Å². The summed E-state index contributed by atoms with van der Waals surface area (Å²) in [6, 6.07) is 8.00. The van der Waals surface area contributed by atoms with Crippen molar-refractivity contribution in [3.05, 3.63) is 142 Å². The SMILES string of the molecule is CCc1cc(OCCCCN)ccc1-c1ccc(C[C@H](NC(=O)[C@H](CC(=O)O)NC(=O)[C@H](CO)NC(=O)[C@@H](NC(=O)[C@](C)(Cc2ccccc2F)NC(=O)[C@@H](NC(=O)CNC(=O)[C@H](C/C(N=N)=N/N)NC(=O)[C@H](C)NC(=O)[C@@H](CCC(=O)[C@@H](N)CCC(N)=O)Cc2c[nH]cn2)[C@@H](C)O)[C@@H](C)O)C(=O)N[C@@H](CCCc2cc(C)cc(C)c2)C(N)=O)cc1. The Kier molecular flexibility index (Phi) is 40.2. The van der Waals surface area contributed by atoms with E-state index in [4.69, 9.17) is 39.0 Å². The maximum atomic E-state index is 15.6. The van der Waals surface area contributed by atoms with Gasteiger partial charge in [0.25, 0.3) is 0 Å². The molecule has 0 radical (unpaired) electrons. The van der Waals surface area contributed by atoms with Gasteiger partial charge in [-0.25, -0.2) is 14.9 Å². The van der Waals surface area contributed by atoms with Gasteiger partial charge in [0.05, 0.1) is 56.5 Å². The summed E-state index contributed by atoms with van der Waals surface area (Å²) in [7, 11) is 0. The zero-order chi connectivity index (χ0) is 89.8. The summed E-state index contributed by atoms with van der Waals surface area (Å²) in [6.45, 7) is 8.85. The number of rotatable bonds is 52. The number of imidazole rings is 1. The number of hydrazone groups is 1. The molecule has 0 bridgehead atoms. The average molecular weight is 1690 g/mol. The minimum Gasteiger partial charge on any atom is -0.494 e. The number of benzene rings is 4. The molecule has 0 aliphatic heterocycles. The van der Waals surface area contributed by atoms with E-state index < -0.39 is 205 Å². The maximum absolute atomic E-state index is 15.6. The van der Waals surface area contributed by atoms with Crippen LogP contribution in [-0.2, 0) is 99.2 Å². The first-order valence-corrected chi connectivity index (χ1v) is 39.4. The standard InChI is InChI=1S/C81H113FN20O19/c1-8-50-35-55(121-29-12-11-28-83)23-24-56(50)51-20-18-48(19-21-51)33-60(75(115)93-59(71(86)111)17-13-14-49-31-43(2)30-44(3)32-49)95-76(116)62(37-68(109)110)96-77(117)63(41-103)97-78(118)69(46(5)104)99-80(120)81(7,38-53-15-9-10-16-57(53)82)100-79(119)70(47(6)105)98-67(108)40-90-74(114)61(36-66(101-87)102-88)94-72(112)45(4)92-73(113)52(34-54-39-89-42-91-54)22-26-64(106)58(84)25-27-65(85)107/h9-10,15-16,18-21,23-24,30-32,35,39,42,45-47,52,58-63,69-70,87,103-105H,8,11-14,17,22,25-29,33-34,36-38,40-41,83-84,88H2,1-7H3,(H2,85,107)(H2,86,111)(H,89,91)(H,90,114)(H,92,113)(H,93,115)(H,94,112)(H,95,116)(H,96,117)(H,97,118)(H,98,108)(H,99,120)(H,100,119)(H,109,110)/b101-87?,102-66-/t45-,46+,47+,52-,58-,59-,60-,61-,62-,63-,69-,70-,81-/m0/s1. The highest BCUT2D eigenvalue weighted by molar-refractivity contribution is 6.01. The van der Waals surface area contributed by atoms with Crippen molar-refractivity contribution in [2.24, 2.45) is 44.9 Å². The molecule has 4 aromatic carbocycles. The predicted molar refractivity (Wildman–Crippen MR) is 438 cm³/mol. The zero-order valence-corrected chi connectivity index (χ0v) is 68.6. The number of amides is 12. The number of aliphatic carboxylic acids is 1. The number of carbonyl (C=O) groups excluding carboxylic acids is 13.